The number of halogens is 1. The standard InChI is InChI=1S/C15H18FNO3/c16-13-7-11(3-4-15(19)20)6-12(8-13)9-17-5-1-2-14(17)10-18/h3-4,6-8,14,18H,1-2,5,9-10H2,(H,19,20). The van der Waals surface area contributed by atoms with Crippen molar-refractivity contribution in [1.29, 1.82) is 0 Å². The highest BCUT2D eigenvalue weighted by Gasteiger charge is 2.23. The van der Waals surface area contributed by atoms with Crippen LogP contribution >= 0.6 is 0 Å². The molecule has 0 aromatic heterocycles. The van der Waals surface area contributed by atoms with Gasteiger partial charge in [0.05, 0.1) is 6.61 Å². The van der Waals surface area contributed by atoms with Gasteiger partial charge in [-0.15, -0.1) is 0 Å². The molecule has 2 N–H and O–H groups in total. The molecule has 0 bridgehead atoms. The summed E-state index contributed by atoms with van der Waals surface area (Å²) in [5, 5.41) is 17.9. The topological polar surface area (TPSA) is 60.8 Å². The maximum absolute atomic E-state index is 13.6. The average Bonchev–Trinajstić information content (AvgIpc) is 2.83. The smallest absolute Gasteiger partial charge is 0.328 e. The third-order valence-electron chi connectivity index (χ3n) is 3.49. The highest BCUT2D eigenvalue weighted by Crippen LogP contribution is 2.21. The summed E-state index contributed by atoms with van der Waals surface area (Å²) in [4.78, 5) is 12.6. The number of aliphatic hydroxyl groups is 1. The minimum atomic E-state index is -1.06. The molecular weight excluding hydrogens is 261 g/mol. The first-order valence-electron chi connectivity index (χ1n) is 6.64. The number of carboxylic acid groups (broad SMARTS) is 1. The number of aliphatic carboxylic acids is 1. The quantitative estimate of drug-likeness (QED) is 0.808. The van der Waals surface area contributed by atoms with Gasteiger partial charge in [-0.2, -0.15) is 0 Å². The van der Waals surface area contributed by atoms with Crippen molar-refractivity contribution >= 4 is 12.0 Å². The van der Waals surface area contributed by atoms with Crippen molar-refractivity contribution in [3.8, 4) is 0 Å². The molecule has 4 nitrogen and oxygen atoms in total. The van der Waals surface area contributed by atoms with Gasteiger partial charge < -0.3 is 10.2 Å². The lowest BCUT2D eigenvalue weighted by atomic mass is 10.1. The monoisotopic (exact) mass is 279 g/mol. The van der Waals surface area contributed by atoms with Crippen molar-refractivity contribution in [2.24, 2.45) is 0 Å². The SMILES string of the molecule is O=C(O)C=Cc1cc(F)cc(CN2CCCC2CO)c1. The number of rotatable bonds is 5. The third-order valence-corrected chi connectivity index (χ3v) is 3.49. The van der Waals surface area contributed by atoms with Crippen LogP contribution < -0.4 is 0 Å². The predicted octanol–water partition coefficient (Wildman–Crippen LogP) is 1.88. The Labute approximate surface area is 117 Å². The van der Waals surface area contributed by atoms with Crippen LogP contribution in [0.1, 0.15) is 24.0 Å². The molecule has 1 aromatic carbocycles. The summed E-state index contributed by atoms with van der Waals surface area (Å²) in [7, 11) is 0. The molecule has 0 saturated carbocycles. The second-order valence-corrected chi connectivity index (χ2v) is 5.01. The van der Waals surface area contributed by atoms with E-state index in [0.717, 1.165) is 31.0 Å². The highest BCUT2D eigenvalue weighted by molar-refractivity contribution is 5.85. The zero-order valence-electron chi connectivity index (χ0n) is 11.1. The number of aliphatic hydroxyl groups excluding tert-OH is 1. The van der Waals surface area contributed by atoms with Crippen molar-refractivity contribution < 1.29 is 19.4 Å². The summed E-state index contributed by atoms with van der Waals surface area (Å²) in [6, 6.07) is 4.66. The summed E-state index contributed by atoms with van der Waals surface area (Å²) in [6.45, 7) is 1.57. The minimum Gasteiger partial charge on any atom is -0.478 e. The number of hydrogen-bond donors (Lipinski definition) is 2. The highest BCUT2D eigenvalue weighted by atomic mass is 19.1. The molecule has 1 aromatic rings. The molecular formula is C15H18FNO3. The molecule has 5 heteroatoms. The molecule has 1 fully saturated rings. The maximum Gasteiger partial charge on any atom is 0.328 e. The fourth-order valence-electron chi connectivity index (χ4n) is 2.58. The van der Waals surface area contributed by atoms with Crippen LogP contribution in [0.15, 0.2) is 24.3 Å². The van der Waals surface area contributed by atoms with E-state index in [-0.39, 0.29) is 18.5 Å². The Bertz CT molecular complexity index is 516. The van der Waals surface area contributed by atoms with Crippen LogP contribution in [-0.4, -0.2) is 40.3 Å². The van der Waals surface area contributed by atoms with Crippen LogP contribution in [0.5, 0.6) is 0 Å². The van der Waals surface area contributed by atoms with Crippen molar-refractivity contribution in [2.75, 3.05) is 13.2 Å². The predicted molar refractivity (Wildman–Crippen MR) is 73.6 cm³/mol. The van der Waals surface area contributed by atoms with Gasteiger partial charge >= 0.3 is 5.97 Å². The Kier molecular flexibility index (Phi) is 4.87. The Balaban J connectivity index is 2.13. The van der Waals surface area contributed by atoms with Gasteiger partial charge in [-0.05, 0) is 48.7 Å². The van der Waals surface area contributed by atoms with E-state index in [4.69, 9.17) is 5.11 Å². The van der Waals surface area contributed by atoms with Gasteiger partial charge in [-0.25, -0.2) is 9.18 Å². The molecule has 0 radical (unpaired) electrons. The molecule has 0 amide bonds. The fourth-order valence-corrected chi connectivity index (χ4v) is 2.58. The molecule has 1 aliphatic rings. The van der Waals surface area contributed by atoms with Crippen LogP contribution in [0.3, 0.4) is 0 Å². The number of carbonyl (C=O) groups is 1. The number of likely N-dealkylation sites (tertiary alicyclic amines) is 1. The molecule has 1 saturated heterocycles. The first kappa shape index (κ1) is 14.7. The maximum atomic E-state index is 13.6. The Hall–Kier alpha value is -1.72. The summed E-state index contributed by atoms with van der Waals surface area (Å²) < 4.78 is 13.6. The van der Waals surface area contributed by atoms with Gasteiger partial charge in [0.1, 0.15) is 5.82 Å². The Morgan fingerprint density at radius 3 is 2.95 bits per heavy atom. The van der Waals surface area contributed by atoms with Crippen LogP contribution in [0.4, 0.5) is 4.39 Å². The van der Waals surface area contributed by atoms with E-state index in [1.54, 1.807) is 6.07 Å². The Morgan fingerprint density at radius 2 is 2.25 bits per heavy atom. The lowest BCUT2D eigenvalue weighted by Crippen LogP contribution is -2.31. The van der Waals surface area contributed by atoms with Gasteiger partial charge in [0, 0.05) is 18.7 Å². The van der Waals surface area contributed by atoms with E-state index in [1.165, 1.54) is 18.2 Å². The van der Waals surface area contributed by atoms with Gasteiger partial charge in [0.15, 0.2) is 0 Å². The van der Waals surface area contributed by atoms with E-state index in [2.05, 4.69) is 4.90 Å². The van der Waals surface area contributed by atoms with Gasteiger partial charge in [-0.3, -0.25) is 4.90 Å². The number of hydrogen-bond acceptors (Lipinski definition) is 3. The fraction of sp³-hybridized carbons (Fsp3) is 0.400. The summed E-state index contributed by atoms with van der Waals surface area (Å²) >= 11 is 0. The van der Waals surface area contributed by atoms with E-state index < -0.39 is 5.97 Å². The normalized spacial score (nSPS) is 19.8. The third kappa shape index (κ3) is 3.88. The molecule has 1 heterocycles. The second kappa shape index (κ2) is 6.63. The largest absolute Gasteiger partial charge is 0.478 e. The van der Waals surface area contributed by atoms with Gasteiger partial charge in [0.2, 0.25) is 0 Å². The second-order valence-electron chi connectivity index (χ2n) is 5.01. The van der Waals surface area contributed by atoms with Gasteiger partial charge in [0.25, 0.3) is 0 Å². The lowest BCUT2D eigenvalue weighted by Gasteiger charge is -2.22. The van der Waals surface area contributed by atoms with Crippen LogP contribution in [0, 0.1) is 5.82 Å². The number of carboxylic acids is 1. The average molecular weight is 279 g/mol. The molecule has 2 rings (SSSR count). The summed E-state index contributed by atoms with van der Waals surface area (Å²) in [5.74, 6) is -1.44. The van der Waals surface area contributed by atoms with Crippen LogP contribution in [0.2, 0.25) is 0 Å². The van der Waals surface area contributed by atoms with Gasteiger partial charge in [-0.1, -0.05) is 6.07 Å². The molecule has 108 valence electrons. The number of benzene rings is 1. The van der Waals surface area contributed by atoms with Crippen LogP contribution in [0.25, 0.3) is 6.08 Å². The van der Waals surface area contributed by atoms with Crippen LogP contribution in [-0.2, 0) is 11.3 Å². The molecule has 20 heavy (non-hydrogen) atoms. The molecule has 1 atom stereocenters. The van der Waals surface area contributed by atoms with Crippen molar-refractivity contribution in [3.05, 3.63) is 41.2 Å². The first-order chi connectivity index (χ1) is 9.58. The van der Waals surface area contributed by atoms with E-state index in [0.29, 0.717) is 12.1 Å². The van der Waals surface area contributed by atoms with Crippen molar-refractivity contribution in [2.45, 2.75) is 25.4 Å². The number of nitrogens with zero attached hydrogens (tertiary/aromatic N) is 1. The Morgan fingerprint density at radius 1 is 1.45 bits per heavy atom. The molecule has 0 spiro atoms. The summed E-state index contributed by atoms with van der Waals surface area (Å²) in [6.07, 6.45) is 4.36. The van der Waals surface area contributed by atoms with E-state index in [1.807, 2.05) is 0 Å². The zero-order chi connectivity index (χ0) is 14.5. The van der Waals surface area contributed by atoms with Crippen molar-refractivity contribution in [3.63, 3.8) is 0 Å². The van der Waals surface area contributed by atoms with E-state index >= 15 is 0 Å². The molecule has 1 unspecified atom stereocenters. The summed E-state index contributed by atoms with van der Waals surface area (Å²) in [5.41, 5.74) is 1.32. The zero-order valence-corrected chi connectivity index (χ0v) is 11.1. The first-order valence-corrected chi connectivity index (χ1v) is 6.64. The van der Waals surface area contributed by atoms with E-state index in [9.17, 15) is 14.3 Å². The molecule has 1 aliphatic heterocycles. The van der Waals surface area contributed by atoms with Crippen molar-refractivity contribution in [1.82, 2.24) is 4.90 Å². The lowest BCUT2D eigenvalue weighted by molar-refractivity contribution is -0.131. The minimum absolute atomic E-state index is 0.112. The molecule has 0 aliphatic carbocycles.